The molecule has 0 radical (unpaired) electrons. The second-order valence-corrected chi connectivity index (χ2v) is 6.38. The van der Waals surface area contributed by atoms with E-state index < -0.39 is 0 Å². The summed E-state index contributed by atoms with van der Waals surface area (Å²) in [5, 5.41) is 23.1. The molecule has 2 aromatic rings. The molecule has 1 aromatic heterocycles. The molecule has 0 aliphatic carbocycles. The molecule has 0 saturated heterocycles. The molecule has 0 aliphatic heterocycles. The van der Waals surface area contributed by atoms with Crippen molar-refractivity contribution in [2.24, 2.45) is 0 Å². The lowest BCUT2D eigenvalue weighted by atomic mass is 10.1. The number of thioether (sulfide) groups is 1. The molecule has 1 heterocycles. The highest BCUT2D eigenvalue weighted by atomic mass is 32.2. The minimum atomic E-state index is -0.360. The zero-order valence-electron chi connectivity index (χ0n) is 11.1. The lowest BCUT2D eigenvalue weighted by molar-refractivity contribution is -0.384. The SMILES string of the molecule is CCNc1c(CSc2nnc(C)s2)cccc1[N+](=O)[O-]. The molecule has 0 bridgehead atoms. The summed E-state index contributed by atoms with van der Waals surface area (Å²) < 4.78 is 0.872. The van der Waals surface area contributed by atoms with E-state index >= 15 is 0 Å². The first-order valence-electron chi connectivity index (χ1n) is 6.05. The lowest BCUT2D eigenvalue weighted by Crippen LogP contribution is -2.04. The van der Waals surface area contributed by atoms with Crippen LogP contribution in [0.4, 0.5) is 11.4 Å². The Morgan fingerprint density at radius 3 is 2.85 bits per heavy atom. The lowest BCUT2D eigenvalue weighted by Gasteiger charge is -2.10. The summed E-state index contributed by atoms with van der Waals surface area (Å²) in [4.78, 5) is 10.7. The second kappa shape index (κ2) is 6.67. The van der Waals surface area contributed by atoms with Gasteiger partial charge < -0.3 is 5.32 Å². The molecule has 8 heteroatoms. The number of nitrogens with zero attached hydrogens (tertiary/aromatic N) is 3. The van der Waals surface area contributed by atoms with Gasteiger partial charge in [-0.05, 0) is 19.4 Å². The Bertz CT molecular complexity index is 615. The van der Waals surface area contributed by atoms with Crippen LogP contribution in [0.5, 0.6) is 0 Å². The normalized spacial score (nSPS) is 10.5. The van der Waals surface area contributed by atoms with Gasteiger partial charge in [0, 0.05) is 18.4 Å². The van der Waals surface area contributed by atoms with Crippen LogP contribution >= 0.6 is 23.1 Å². The fraction of sp³-hybridized carbons (Fsp3) is 0.333. The predicted octanol–water partition coefficient (Wildman–Crippen LogP) is 3.48. The summed E-state index contributed by atoms with van der Waals surface area (Å²) in [5.74, 6) is 0.624. The summed E-state index contributed by atoms with van der Waals surface area (Å²) in [5.41, 5.74) is 1.60. The van der Waals surface area contributed by atoms with Crippen LogP contribution in [-0.4, -0.2) is 21.7 Å². The Labute approximate surface area is 124 Å². The zero-order valence-corrected chi connectivity index (χ0v) is 12.8. The number of aryl methyl sites for hydroxylation is 1. The molecule has 0 fully saturated rings. The Hall–Kier alpha value is -1.67. The van der Waals surface area contributed by atoms with Gasteiger partial charge in [0.2, 0.25) is 0 Å². The molecule has 0 amide bonds. The van der Waals surface area contributed by atoms with Crippen LogP contribution in [0.1, 0.15) is 17.5 Å². The van der Waals surface area contributed by atoms with Crippen molar-refractivity contribution < 1.29 is 4.92 Å². The summed E-state index contributed by atoms with van der Waals surface area (Å²) in [7, 11) is 0. The fourth-order valence-corrected chi connectivity index (χ4v) is 3.52. The molecular weight excluding hydrogens is 296 g/mol. The molecule has 20 heavy (non-hydrogen) atoms. The van der Waals surface area contributed by atoms with E-state index in [1.807, 2.05) is 19.9 Å². The van der Waals surface area contributed by atoms with Crippen molar-refractivity contribution in [3.63, 3.8) is 0 Å². The first-order valence-corrected chi connectivity index (χ1v) is 7.85. The average Bonchev–Trinajstić information content (AvgIpc) is 2.83. The summed E-state index contributed by atoms with van der Waals surface area (Å²) in [6.45, 7) is 4.46. The van der Waals surface area contributed by atoms with Crippen LogP contribution in [0.3, 0.4) is 0 Å². The number of hydrogen-bond donors (Lipinski definition) is 1. The van der Waals surface area contributed by atoms with Crippen LogP contribution in [-0.2, 0) is 5.75 Å². The van der Waals surface area contributed by atoms with Gasteiger partial charge in [0.15, 0.2) is 4.34 Å². The topological polar surface area (TPSA) is 81.0 Å². The molecule has 106 valence electrons. The molecule has 0 saturated carbocycles. The number of rotatable bonds is 6. The van der Waals surface area contributed by atoms with Gasteiger partial charge in [-0.3, -0.25) is 10.1 Å². The van der Waals surface area contributed by atoms with Crippen molar-refractivity contribution in [2.75, 3.05) is 11.9 Å². The summed E-state index contributed by atoms with van der Waals surface area (Å²) in [6, 6.07) is 5.12. The maximum absolute atomic E-state index is 11.1. The van der Waals surface area contributed by atoms with Gasteiger partial charge in [-0.15, -0.1) is 10.2 Å². The highest BCUT2D eigenvalue weighted by molar-refractivity contribution is 8.00. The van der Waals surface area contributed by atoms with Crippen LogP contribution in [0.2, 0.25) is 0 Å². The molecule has 0 unspecified atom stereocenters. The van der Waals surface area contributed by atoms with Crippen molar-refractivity contribution in [1.29, 1.82) is 0 Å². The quantitative estimate of drug-likeness (QED) is 0.500. The molecule has 1 aromatic carbocycles. The second-order valence-electron chi connectivity index (χ2n) is 3.97. The van der Waals surface area contributed by atoms with Gasteiger partial charge in [-0.25, -0.2) is 0 Å². The van der Waals surface area contributed by atoms with Gasteiger partial charge in [-0.1, -0.05) is 35.2 Å². The third-order valence-corrected chi connectivity index (χ3v) is 4.56. The predicted molar refractivity (Wildman–Crippen MR) is 81.5 cm³/mol. The van der Waals surface area contributed by atoms with Crippen molar-refractivity contribution in [1.82, 2.24) is 10.2 Å². The molecule has 0 spiro atoms. The number of hydrogen-bond acceptors (Lipinski definition) is 7. The van der Waals surface area contributed by atoms with E-state index in [0.717, 1.165) is 14.9 Å². The number of anilines is 1. The highest BCUT2D eigenvalue weighted by Crippen LogP contribution is 2.33. The molecule has 6 nitrogen and oxygen atoms in total. The number of benzene rings is 1. The van der Waals surface area contributed by atoms with Crippen molar-refractivity contribution in [3.05, 3.63) is 38.9 Å². The largest absolute Gasteiger partial charge is 0.380 e. The summed E-state index contributed by atoms with van der Waals surface area (Å²) in [6.07, 6.45) is 0. The average molecular weight is 310 g/mol. The van der Waals surface area contributed by atoms with Crippen molar-refractivity contribution in [2.45, 2.75) is 23.9 Å². The summed E-state index contributed by atoms with van der Waals surface area (Å²) >= 11 is 3.06. The maximum atomic E-state index is 11.1. The third-order valence-electron chi connectivity index (χ3n) is 2.54. The zero-order chi connectivity index (χ0) is 14.5. The number of nitro benzene ring substituents is 1. The number of nitrogens with one attached hydrogen (secondary N) is 1. The van der Waals surface area contributed by atoms with E-state index in [4.69, 9.17) is 0 Å². The molecule has 0 atom stereocenters. The van der Waals surface area contributed by atoms with Crippen LogP contribution in [0.25, 0.3) is 0 Å². The van der Waals surface area contributed by atoms with Gasteiger partial charge in [0.1, 0.15) is 10.7 Å². The van der Waals surface area contributed by atoms with E-state index in [1.165, 1.54) is 29.2 Å². The third kappa shape index (κ3) is 3.45. The Morgan fingerprint density at radius 2 is 2.25 bits per heavy atom. The Morgan fingerprint density at radius 1 is 1.45 bits per heavy atom. The monoisotopic (exact) mass is 310 g/mol. The van der Waals surface area contributed by atoms with E-state index in [0.29, 0.717) is 18.0 Å². The van der Waals surface area contributed by atoms with Crippen molar-refractivity contribution in [3.8, 4) is 0 Å². The maximum Gasteiger partial charge on any atom is 0.292 e. The van der Waals surface area contributed by atoms with E-state index in [-0.39, 0.29) is 10.6 Å². The Balaban J connectivity index is 2.21. The van der Waals surface area contributed by atoms with Gasteiger partial charge in [-0.2, -0.15) is 0 Å². The van der Waals surface area contributed by atoms with Crippen LogP contribution in [0.15, 0.2) is 22.5 Å². The van der Waals surface area contributed by atoms with Crippen LogP contribution in [0, 0.1) is 17.0 Å². The van der Waals surface area contributed by atoms with Gasteiger partial charge in [0.05, 0.1) is 4.92 Å². The number of aromatic nitrogens is 2. The minimum absolute atomic E-state index is 0.110. The minimum Gasteiger partial charge on any atom is -0.380 e. The first kappa shape index (κ1) is 14.7. The number of para-hydroxylation sites is 1. The highest BCUT2D eigenvalue weighted by Gasteiger charge is 2.17. The standard InChI is InChI=1S/C12H14N4O2S2/c1-3-13-11-9(5-4-6-10(11)16(17)18)7-19-12-15-14-8(2)20-12/h4-6,13H,3,7H2,1-2H3. The molecule has 2 rings (SSSR count). The smallest absolute Gasteiger partial charge is 0.292 e. The molecule has 0 aliphatic rings. The molecular formula is C12H14N4O2S2. The van der Waals surface area contributed by atoms with Gasteiger partial charge in [0.25, 0.3) is 5.69 Å². The van der Waals surface area contributed by atoms with E-state index in [2.05, 4.69) is 15.5 Å². The van der Waals surface area contributed by atoms with Crippen LogP contribution < -0.4 is 5.32 Å². The fourth-order valence-electron chi connectivity index (χ4n) is 1.72. The molecule has 1 N–H and O–H groups in total. The van der Waals surface area contributed by atoms with E-state index in [1.54, 1.807) is 6.07 Å². The Kier molecular flexibility index (Phi) is 4.91. The van der Waals surface area contributed by atoms with Gasteiger partial charge >= 0.3 is 0 Å². The number of nitro groups is 1. The first-order chi connectivity index (χ1) is 9.61. The van der Waals surface area contributed by atoms with Crippen molar-refractivity contribution >= 4 is 34.5 Å². The van der Waals surface area contributed by atoms with E-state index in [9.17, 15) is 10.1 Å².